The molecule has 0 atom stereocenters. The van der Waals surface area contributed by atoms with Crippen molar-refractivity contribution in [1.82, 2.24) is 9.88 Å². The molecule has 7 heteroatoms. The molecular weight excluding hydrogens is 456 g/mol. The number of nitrogens with zero attached hydrogens (tertiary/aromatic N) is 2. The first kappa shape index (κ1) is 25.2. The molecule has 186 valence electrons. The number of ether oxygens (including phenoxy) is 1. The van der Waals surface area contributed by atoms with Gasteiger partial charge in [0.1, 0.15) is 12.4 Å². The van der Waals surface area contributed by atoms with E-state index in [0.717, 1.165) is 52.3 Å². The zero-order chi connectivity index (χ0) is 24.8. The first-order valence-corrected chi connectivity index (χ1v) is 13.4. The third-order valence-electron chi connectivity index (χ3n) is 6.47. The third kappa shape index (κ3) is 7.05. The number of hydrogen-bond acceptors (Lipinski definition) is 6. The maximum absolute atomic E-state index is 11.7. The van der Waals surface area contributed by atoms with E-state index in [1.165, 1.54) is 37.3 Å². The van der Waals surface area contributed by atoms with Crippen molar-refractivity contribution in [3.8, 4) is 17.0 Å². The molecule has 1 fully saturated rings. The number of amides is 1. The molecule has 4 rings (SSSR count). The van der Waals surface area contributed by atoms with Crippen molar-refractivity contribution in [2.75, 3.05) is 31.6 Å². The van der Waals surface area contributed by atoms with Gasteiger partial charge < -0.3 is 15.8 Å². The Morgan fingerprint density at radius 2 is 1.94 bits per heavy atom. The van der Waals surface area contributed by atoms with Gasteiger partial charge in [0, 0.05) is 28.7 Å². The summed E-state index contributed by atoms with van der Waals surface area (Å²) in [6.45, 7) is 10.7. The van der Waals surface area contributed by atoms with E-state index in [-0.39, 0.29) is 0 Å². The lowest BCUT2D eigenvalue weighted by Gasteiger charge is -2.29. The molecule has 0 spiro atoms. The predicted molar refractivity (Wildman–Crippen MR) is 145 cm³/mol. The monoisotopic (exact) mass is 492 g/mol. The van der Waals surface area contributed by atoms with Crippen molar-refractivity contribution < 1.29 is 9.53 Å². The molecule has 2 heterocycles. The Kier molecular flexibility index (Phi) is 8.42. The highest BCUT2D eigenvalue weighted by molar-refractivity contribution is 7.14. The Morgan fingerprint density at radius 1 is 1.20 bits per heavy atom. The topological polar surface area (TPSA) is 80.5 Å². The van der Waals surface area contributed by atoms with Gasteiger partial charge in [0.2, 0.25) is 5.91 Å². The largest absolute Gasteiger partial charge is 0.492 e. The second kappa shape index (κ2) is 11.7. The van der Waals surface area contributed by atoms with E-state index < -0.39 is 5.91 Å². The van der Waals surface area contributed by atoms with Gasteiger partial charge in [-0.2, -0.15) is 0 Å². The van der Waals surface area contributed by atoms with E-state index in [1.807, 2.05) is 29.6 Å². The van der Waals surface area contributed by atoms with Crippen molar-refractivity contribution in [2.45, 2.75) is 40.0 Å². The van der Waals surface area contributed by atoms with E-state index in [1.54, 1.807) is 6.07 Å². The van der Waals surface area contributed by atoms with Gasteiger partial charge >= 0.3 is 0 Å². The number of likely N-dealkylation sites (tertiary alicyclic amines) is 1. The Balaban J connectivity index is 1.37. The van der Waals surface area contributed by atoms with Gasteiger partial charge in [-0.3, -0.25) is 9.69 Å². The van der Waals surface area contributed by atoms with Gasteiger partial charge in [-0.15, -0.1) is 11.3 Å². The summed E-state index contributed by atoms with van der Waals surface area (Å²) in [6.07, 6.45) is 3.47. The number of carbonyl (C=O) groups excluding carboxylic acids is 1. The fraction of sp³-hybridized carbons (Fsp3) is 0.429. The first-order chi connectivity index (χ1) is 16.9. The van der Waals surface area contributed by atoms with E-state index >= 15 is 0 Å². The average Bonchev–Trinajstić information content (AvgIpc) is 3.30. The highest BCUT2D eigenvalue weighted by Crippen LogP contribution is 2.30. The summed E-state index contributed by atoms with van der Waals surface area (Å²) in [7, 11) is 0. The van der Waals surface area contributed by atoms with Crippen LogP contribution in [0.4, 0.5) is 10.8 Å². The average molecular weight is 493 g/mol. The summed E-state index contributed by atoms with van der Waals surface area (Å²) >= 11 is 1.54. The highest BCUT2D eigenvalue weighted by Gasteiger charge is 2.15. The Hall–Kier alpha value is -2.90. The summed E-state index contributed by atoms with van der Waals surface area (Å²) in [4.78, 5) is 18.9. The number of nitrogens with two attached hydrogens (primary N) is 1. The number of aromatic nitrogens is 1. The zero-order valence-electron chi connectivity index (χ0n) is 20.9. The van der Waals surface area contributed by atoms with Crippen LogP contribution in [0.5, 0.6) is 5.75 Å². The molecule has 6 nitrogen and oxygen atoms in total. The van der Waals surface area contributed by atoms with Crippen LogP contribution in [-0.2, 0) is 6.42 Å². The Morgan fingerprint density at radius 3 is 2.63 bits per heavy atom. The van der Waals surface area contributed by atoms with Gasteiger partial charge in [-0.25, -0.2) is 4.98 Å². The summed E-state index contributed by atoms with van der Waals surface area (Å²) in [6, 6.07) is 13.7. The molecule has 1 aliphatic rings. The van der Waals surface area contributed by atoms with Crippen molar-refractivity contribution in [3.63, 3.8) is 0 Å². The smallest absolute Gasteiger partial charge is 0.248 e. The number of nitrogens with one attached hydrogen (secondary N) is 1. The van der Waals surface area contributed by atoms with Crippen molar-refractivity contribution in [3.05, 3.63) is 59.0 Å². The molecule has 0 radical (unpaired) electrons. The molecule has 1 aliphatic heterocycles. The summed E-state index contributed by atoms with van der Waals surface area (Å²) < 4.78 is 5.98. The minimum absolute atomic E-state index is 0.434. The summed E-state index contributed by atoms with van der Waals surface area (Å²) in [5.41, 5.74) is 9.95. The molecule has 0 bridgehead atoms. The molecule has 1 aromatic heterocycles. The summed E-state index contributed by atoms with van der Waals surface area (Å²) in [5.74, 6) is 1.79. The van der Waals surface area contributed by atoms with Crippen LogP contribution in [0.15, 0.2) is 47.8 Å². The van der Waals surface area contributed by atoms with Crippen LogP contribution < -0.4 is 15.8 Å². The standard InChI is InChI=1S/C28H36N4O2S/c1-19(2)16-22-4-5-23(27(29)33)17-25(22)30-28-31-26(18-35-28)21-6-8-24(9-7-21)34-15-14-32-12-10-20(3)11-13-32/h4-9,17-20H,10-16H2,1-3H3,(H2,29,33)(H,30,31). The number of rotatable bonds is 10. The van der Waals surface area contributed by atoms with Gasteiger partial charge in [0.05, 0.1) is 5.69 Å². The van der Waals surface area contributed by atoms with E-state index in [4.69, 9.17) is 15.5 Å². The van der Waals surface area contributed by atoms with Crippen LogP contribution in [0.1, 0.15) is 49.5 Å². The van der Waals surface area contributed by atoms with Crippen LogP contribution in [0, 0.1) is 11.8 Å². The number of anilines is 2. The van der Waals surface area contributed by atoms with Crippen molar-refractivity contribution >= 4 is 28.1 Å². The molecule has 0 unspecified atom stereocenters. The zero-order valence-corrected chi connectivity index (χ0v) is 21.7. The van der Waals surface area contributed by atoms with Gasteiger partial charge in [-0.1, -0.05) is 26.8 Å². The molecular formula is C28H36N4O2S. The van der Waals surface area contributed by atoms with Crippen LogP contribution in [0.3, 0.4) is 0 Å². The number of hydrogen-bond donors (Lipinski definition) is 2. The lowest BCUT2D eigenvalue weighted by Crippen LogP contribution is -2.35. The number of primary amides is 1. The number of benzene rings is 2. The predicted octanol–water partition coefficient (Wildman–Crippen LogP) is 5.96. The SMILES string of the molecule is CC(C)Cc1ccc(C(N)=O)cc1Nc1nc(-c2ccc(OCCN3CCC(C)CC3)cc2)cs1. The quantitative estimate of drug-likeness (QED) is 0.365. The van der Waals surface area contributed by atoms with Crippen LogP contribution in [0.25, 0.3) is 11.3 Å². The van der Waals surface area contributed by atoms with E-state index in [0.29, 0.717) is 18.1 Å². The third-order valence-corrected chi connectivity index (χ3v) is 7.23. The lowest BCUT2D eigenvalue weighted by atomic mass is 9.99. The maximum Gasteiger partial charge on any atom is 0.248 e. The van der Waals surface area contributed by atoms with Gasteiger partial charge in [-0.05, 0) is 86.1 Å². The maximum atomic E-state index is 11.7. The van der Waals surface area contributed by atoms with Crippen molar-refractivity contribution in [1.29, 1.82) is 0 Å². The van der Waals surface area contributed by atoms with Crippen LogP contribution >= 0.6 is 11.3 Å². The van der Waals surface area contributed by atoms with Gasteiger partial charge in [0.25, 0.3) is 0 Å². The number of carbonyl (C=O) groups is 1. The molecule has 2 aromatic carbocycles. The number of thiazole rings is 1. The molecule has 0 aliphatic carbocycles. The molecule has 1 amide bonds. The second-order valence-corrected chi connectivity index (χ2v) is 10.8. The first-order valence-electron chi connectivity index (χ1n) is 12.5. The molecule has 3 aromatic rings. The fourth-order valence-electron chi connectivity index (χ4n) is 4.34. The van der Waals surface area contributed by atoms with Crippen LogP contribution in [0.2, 0.25) is 0 Å². The minimum Gasteiger partial charge on any atom is -0.492 e. The number of piperidine rings is 1. The molecule has 0 saturated carbocycles. The normalized spacial score (nSPS) is 14.9. The highest BCUT2D eigenvalue weighted by atomic mass is 32.1. The van der Waals surface area contributed by atoms with E-state index in [2.05, 4.69) is 43.1 Å². The van der Waals surface area contributed by atoms with Crippen LogP contribution in [-0.4, -0.2) is 42.0 Å². The van der Waals surface area contributed by atoms with Crippen molar-refractivity contribution in [2.24, 2.45) is 17.6 Å². The fourth-order valence-corrected chi connectivity index (χ4v) is 5.08. The van der Waals surface area contributed by atoms with Gasteiger partial charge in [0.15, 0.2) is 5.13 Å². The Bertz CT molecular complexity index is 1120. The Labute approximate surface area is 212 Å². The minimum atomic E-state index is -0.434. The lowest BCUT2D eigenvalue weighted by molar-refractivity contribution is 0.100. The second-order valence-electron chi connectivity index (χ2n) is 9.89. The molecule has 3 N–H and O–H groups in total. The molecule has 1 saturated heterocycles. The van der Waals surface area contributed by atoms with E-state index in [9.17, 15) is 4.79 Å². The molecule has 35 heavy (non-hydrogen) atoms. The summed E-state index contributed by atoms with van der Waals surface area (Å²) in [5, 5.41) is 6.22.